The van der Waals surface area contributed by atoms with E-state index in [0.29, 0.717) is 23.9 Å². The minimum atomic E-state index is 0.270. The van der Waals surface area contributed by atoms with Gasteiger partial charge in [-0.3, -0.25) is 0 Å². The van der Waals surface area contributed by atoms with Crippen LogP contribution in [-0.4, -0.2) is 13.2 Å². The predicted octanol–water partition coefficient (Wildman–Crippen LogP) is 3.07. The summed E-state index contributed by atoms with van der Waals surface area (Å²) in [5.41, 5.74) is 6.55. The molecular formula is C13H18ClNO2. The van der Waals surface area contributed by atoms with E-state index in [1.165, 1.54) is 0 Å². The van der Waals surface area contributed by atoms with E-state index >= 15 is 0 Å². The summed E-state index contributed by atoms with van der Waals surface area (Å²) < 4.78 is 11.0. The van der Waals surface area contributed by atoms with E-state index in [9.17, 15) is 0 Å². The third kappa shape index (κ3) is 4.67. The number of halogens is 1. The van der Waals surface area contributed by atoms with Crippen molar-refractivity contribution in [2.24, 2.45) is 5.73 Å². The minimum Gasteiger partial charge on any atom is -0.493 e. The highest BCUT2D eigenvalue weighted by Crippen LogP contribution is 2.25. The molecule has 0 heterocycles. The molecule has 0 aliphatic heterocycles. The Morgan fingerprint density at radius 3 is 2.76 bits per heavy atom. The fraction of sp³-hybridized carbons (Fsp3) is 0.385. The highest BCUT2D eigenvalue weighted by molar-refractivity contribution is 6.29. The summed E-state index contributed by atoms with van der Waals surface area (Å²) in [7, 11) is 0. The Hall–Kier alpha value is -1.19. The van der Waals surface area contributed by atoms with Gasteiger partial charge >= 0.3 is 0 Å². The number of rotatable bonds is 7. The lowest BCUT2D eigenvalue weighted by molar-refractivity contribution is 0.311. The molecule has 0 aliphatic rings. The molecule has 94 valence electrons. The van der Waals surface area contributed by atoms with Gasteiger partial charge in [0.2, 0.25) is 0 Å². The van der Waals surface area contributed by atoms with Gasteiger partial charge in [-0.15, -0.1) is 0 Å². The van der Waals surface area contributed by atoms with Crippen molar-refractivity contribution >= 4 is 11.6 Å². The second-order valence-electron chi connectivity index (χ2n) is 3.63. The van der Waals surface area contributed by atoms with Crippen molar-refractivity contribution in [2.45, 2.75) is 19.9 Å². The summed E-state index contributed by atoms with van der Waals surface area (Å²) >= 11 is 5.66. The van der Waals surface area contributed by atoms with Gasteiger partial charge in [-0.1, -0.05) is 31.2 Å². The van der Waals surface area contributed by atoms with E-state index in [1.54, 1.807) is 0 Å². The van der Waals surface area contributed by atoms with Crippen LogP contribution in [0.15, 0.2) is 29.8 Å². The fourth-order valence-electron chi connectivity index (χ4n) is 1.30. The van der Waals surface area contributed by atoms with E-state index in [-0.39, 0.29) is 6.61 Å². The summed E-state index contributed by atoms with van der Waals surface area (Å²) in [6.07, 6.45) is 0.966. The average Bonchev–Trinajstić information content (AvgIpc) is 2.33. The average molecular weight is 256 g/mol. The molecule has 0 saturated heterocycles. The maximum Gasteiger partial charge on any atom is 0.128 e. The van der Waals surface area contributed by atoms with Crippen LogP contribution in [0.3, 0.4) is 0 Å². The van der Waals surface area contributed by atoms with Crippen LogP contribution in [0.5, 0.6) is 11.5 Å². The molecule has 4 heteroatoms. The van der Waals surface area contributed by atoms with Gasteiger partial charge in [0.25, 0.3) is 0 Å². The number of hydrogen-bond donors (Lipinski definition) is 1. The summed E-state index contributed by atoms with van der Waals surface area (Å²) in [5.74, 6) is 1.47. The van der Waals surface area contributed by atoms with Crippen LogP contribution in [-0.2, 0) is 6.54 Å². The Morgan fingerprint density at radius 2 is 2.18 bits per heavy atom. The smallest absolute Gasteiger partial charge is 0.128 e. The van der Waals surface area contributed by atoms with Crippen LogP contribution in [0.4, 0.5) is 0 Å². The van der Waals surface area contributed by atoms with Crippen molar-refractivity contribution in [3.05, 3.63) is 35.4 Å². The summed E-state index contributed by atoms with van der Waals surface area (Å²) in [5, 5.41) is 0.452. The molecule has 2 N–H and O–H groups in total. The lowest BCUT2D eigenvalue weighted by atomic mass is 10.2. The van der Waals surface area contributed by atoms with Crippen molar-refractivity contribution in [3.8, 4) is 11.5 Å². The number of ether oxygens (including phenoxy) is 2. The van der Waals surface area contributed by atoms with Gasteiger partial charge in [0.15, 0.2) is 0 Å². The quantitative estimate of drug-likeness (QED) is 0.814. The van der Waals surface area contributed by atoms with Crippen LogP contribution >= 0.6 is 11.6 Å². The molecule has 0 fully saturated rings. The minimum absolute atomic E-state index is 0.270. The zero-order valence-electron chi connectivity index (χ0n) is 10.0. The van der Waals surface area contributed by atoms with Gasteiger partial charge in [-0.05, 0) is 12.5 Å². The van der Waals surface area contributed by atoms with Gasteiger partial charge in [0.05, 0.1) is 6.61 Å². The van der Waals surface area contributed by atoms with Gasteiger partial charge in [0.1, 0.15) is 18.1 Å². The van der Waals surface area contributed by atoms with Crippen LogP contribution < -0.4 is 15.2 Å². The van der Waals surface area contributed by atoms with E-state index < -0.39 is 0 Å². The lowest BCUT2D eigenvalue weighted by Crippen LogP contribution is -2.04. The first-order valence-electron chi connectivity index (χ1n) is 5.59. The molecular weight excluding hydrogens is 238 g/mol. The predicted molar refractivity (Wildman–Crippen MR) is 70.6 cm³/mol. The monoisotopic (exact) mass is 255 g/mol. The maximum atomic E-state index is 5.66. The van der Waals surface area contributed by atoms with E-state index in [2.05, 4.69) is 13.5 Å². The van der Waals surface area contributed by atoms with Crippen molar-refractivity contribution in [1.29, 1.82) is 0 Å². The van der Waals surface area contributed by atoms with Gasteiger partial charge < -0.3 is 15.2 Å². The Labute approximate surface area is 107 Å². The third-order valence-corrected chi connectivity index (χ3v) is 2.22. The van der Waals surface area contributed by atoms with Crippen molar-refractivity contribution in [3.63, 3.8) is 0 Å². The molecule has 17 heavy (non-hydrogen) atoms. The fourth-order valence-corrected chi connectivity index (χ4v) is 1.36. The Kier molecular flexibility index (Phi) is 5.87. The molecule has 0 spiro atoms. The molecule has 0 saturated carbocycles. The SMILES string of the molecule is C=C(Cl)COc1cc(OCCC)ccc1CN. The largest absolute Gasteiger partial charge is 0.493 e. The van der Waals surface area contributed by atoms with Gasteiger partial charge in [-0.25, -0.2) is 0 Å². The van der Waals surface area contributed by atoms with E-state index in [4.69, 9.17) is 26.8 Å². The Balaban J connectivity index is 2.78. The zero-order chi connectivity index (χ0) is 12.7. The van der Waals surface area contributed by atoms with E-state index in [1.807, 2.05) is 18.2 Å². The summed E-state index contributed by atoms with van der Waals surface area (Å²) in [6.45, 7) is 7.00. The lowest BCUT2D eigenvalue weighted by Gasteiger charge is -2.12. The Bertz CT molecular complexity index is 380. The first kappa shape index (κ1) is 13.9. The number of benzene rings is 1. The topological polar surface area (TPSA) is 44.5 Å². The molecule has 3 nitrogen and oxygen atoms in total. The van der Waals surface area contributed by atoms with Gasteiger partial charge in [0, 0.05) is 23.2 Å². The number of hydrogen-bond acceptors (Lipinski definition) is 3. The highest BCUT2D eigenvalue weighted by atomic mass is 35.5. The Morgan fingerprint density at radius 1 is 1.41 bits per heavy atom. The normalized spacial score (nSPS) is 10.1. The van der Waals surface area contributed by atoms with Crippen molar-refractivity contribution < 1.29 is 9.47 Å². The maximum absolute atomic E-state index is 5.66. The van der Waals surface area contributed by atoms with Crippen molar-refractivity contribution in [1.82, 2.24) is 0 Å². The molecule has 0 bridgehead atoms. The first-order valence-corrected chi connectivity index (χ1v) is 5.97. The molecule has 1 aromatic carbocycles. The van der Waals surface area contributed by atoms with Crippen LogP contribution in [0.1, 0.15) is 18.9 Å². The van der Waals surface area contributed by atoms with Crippen LogP contribution in [0, 0.1) is 0 Å². The first-order chi connectivity index (χ1) is 8.17. The second kappa shape index (κ2) is 7.20. The zero-order valence-corrected chi connectivity index (χ0v) is 10.8. The second-order valence-corrected chi connectivity index (χ2v) is 4.16. The highest BCUT2D eigenvalue weighted by Gasteiger charge is 2.05. The molecule has 0 amide bonds. The molecule has 1 rings (SSSR count). The van der Waals surface area contributed by atoms with Crippen LogP contribution in [0.25, 0.3) is 0 Å². The summed E-state index contributed by atoms with van der Waals surface area (Å²) in [4.78, 5) is 0. The summed E-state index contributed by atoms with van der Waals surface area (Å²) in [6, 6.07) is 5.62. The standard InChI is InChI=1S/C13H18ClNO2/c1-3-6-16-12-5-4-11(8-15)13(7-12)17-9-10(2)14/h4-5,7H,2-3,6,8-9,15H2,1H3. The van der Waals surface area contributed by atoms with E-state index in [0.717, 1.165) is 17.7 Å². The third-order valence-electron chi connectivity index (χ3n) is 2.12. The molecule has 0 radical (unpaired) electrons. The molecule has 0 atom stereocenters. The molecule has 0 aliphatic carbocycles. The molecule has 0 aromatic heterocycles. The van der Waals surface area contributed by atoms with Gasteiger partial charge in [-0.2, -0.15) is 0 Å². The molecule has 0 unspecified atom stereocenters. The molecule has 1 aromatic rings. The van der Waals surface area contributed by atoms with Crippen molar-refractivity contribution in [2.75, 3.05) is 13.2 Å². The number of nitrogens with two attached hydrogens (primary N) is 1. The van der Waals surface area contributed by atoms with Crippen LogP contribution in [0.2, 0.25) is 0 Å².